The highest BCUT2D eigenvalue weighted by Crippen LogP contribution is 2.38. The van der Waals surface area contributed by atoms with Gasteiger partial charge in [0.15, 0.2) is 0 Å². The molecule has 2 aromatic rings. The normalized spacial score (nSPS) is 18.7. The zero-order valence-electron chi connectivity index (χ0n) is 19.4. The summed E-state index contributed by atoms with van der Waals surface area (Å²) >= 11 is 0. The Hall–Kier alpha value is -2.66. The molecule has 0 saturated carbocycles. The summed E-state index contributed by atoms with van der Waals surface area (Å²) in [5.41, 5.74) is 3.18. The topological polar surface area (TPSA) is 43.9 Å². The summed E-state index contributed by atoms with van der Waals surface area (Å²) in [5.74, 6) is 0.0271. The summed E-state index contributed by atoms with van der Waals surface area (Å²) in [7, 11) is 0. The molecule has 2 aliphatic rings. The second-order valence-electron chi connectivity index (χ2n) is 9.28. The van der Waals surface area contributed by atoms with E-state index in [-0.39, 0.29) is 11.9 Å². The summed E-state index contributed by atoms with van der Waals surface area (Å²) in [6.45, 7) is 7.92. The van der Waals surface area contributed by atoms with E-state index in [0.717, 1.165) is 51.7 Å². The lowest BCUT2D eigenvalue weighted by Crippen LogP contribution is -2.56. The number of benzene rings is 2. The van der Waals surface area contributed by atoms with E-state index < -0.39 is 5.54 Å². The maximum atomic E-state index is 13.6. The minimum Gasteiger partial charge on any atom is -0.309 e. The second kappa shape index (κ2) is 9.86. The average molecular weight is 434 g/mol. The second-order valence-corrected chi connectivity index (χ2v) is 9.28. The minimum atomic E-state index is -0.650. The van der Waals surface area contributed by atoms with Gasteiger partial charge in [-0.1, -0.05) is 67.1 Å². The molecule has 2 heterocycles. The molecule has 0 aromatic heterocycles. The van der Waals surface area contributed by atoms with Gasteiger partial charge in [-0.2, -0.15) is 0 Å². The van der Waals surface area contributed by atoms with Gasteiger partial charge in [-0.15, -0.1) is 0 Å². The van der Waals surface area contributed by atoms with Gasteiger partial charge in [0, 0.05) is 32.7 Å². The summed E-state index contributed by atoms with van der Waals surface area (Å²) in [4.78, 5) is 32.7. The van der Waals surface area contributed by atoms with E-state index in [2.05, 4.69) is 55.1 Å². The van der Waals surface area contributed by atoms with Gasteiger partial charge in [0.05, 0.1) is 0 Å². The van der Waals surface area contributed by atoms with E-state index in [0.29, 0.717) is 13.1 Å². The summed E-state index contributed by atoms with van der Waals surface area (Å²) in [6.07, 6.45) is 3.99. The molecule has 2 aliphatic heterocycles. The number of carbonyl (C=O) groups excluding carboxylic acids is 2. The van der Waals surface area contributed by atoms with E-state index in [9.17, 15) is 9.59 Å². The predicted molar refractivity (Wildman–Crippen MR) is 127 cm³/mol. The summed E-state index contributed by atoms with van der Waals surface area (Å²) in [6, 6.07) is 18.8. The first kappa shape index (κ1) is 22.5. The lowest BCUT2D eigenvalue weighted by atomic mass is 9.85. The molecule has 2 aromatic carbocycles. The van der Waals surface area contributed by atoms with Crippen LogP contribution in [0.25, 0.3) is 0 Å². The summed E-state index contributed by atoms with van der Waals surface area (Å²) < 4.78 is 0. The first-order chi connectivity index (χ1) is 15.5. The van der Waals surface area contributed by atoms with Crippen LogP contribution in [0.3, 0.4) is 0 Å². The molecular formula is C27H35N3O2. The number of nitrogens with zero attached hydrogens (tertiary/aromatic N) is 3. The molecule has 170 valence electrons. The highest BCUT2D eigenvalue weighted by Gasteiger charge is 2.57. The molecule has 0 N–H and O–H groups in total. The van der Waals surface area contributed by atoms with Crippen LogP contribution in [0.15, 0.2) is 54.6 Å². The van der Waals surface area contributed by atoms with Crippen molar-refractivity contribution in [2.24, 2.45) is 0 Å². The van der Waals surface area contributed by atoms with Crippen molar-refractivity contribution in [3.63, 3.8) is 0 Å². The van der Waals surface area contributed by atoms with Crippen molar-refractivity contribution in [2.45, 2.75) is 58.0 Å². The number of hydrogen-bond donors (Lipinski definition) is 0. The van der Waals surface area contributed by atoms with Crippen LogP contribution in [0, 0.1) is 6.92 Å². The van der Waals surface area contributed by atoms with Gasteiger partial charge in [-0.3, -0.25) is 14.6 Å². The minimum absolute atomic E-state index is 0.0271. The van der Waals surface area contributed by atoms with Crippen molar-refractivity contribution in [3.8, 4) is 0 Å². The number of likely N-dealkylation sites (tertiary alicyclic amines) is 1. The third-order valence-electron chi connectivity index (χ3n) is 6.93. The lowest BCUT2D eigenvalue weighted by Gasteiger charge is -2.42. The van der Waals surface area contributed by atoms with E-state index in [4.69, 9.17) is 0 Å². The van der Waals surface area contributed by atoms with Crippen molar-refractivity contribution >= 4 is 11.9 Å². The van der Waals surface area contributed by atoms with Gasteiger partial charge >= 0.3 is 6.03 Å². The number of aryl methyl sites for hydroxylation is 2. The average Bonchev–Trinajstić information content (AvgIpc) is 2.98. The van der Waals surface area contributed by atoms with Crippen LogP contribution in [0.1, 0.15) is 49.3 Å². The molecule has 5 heteroatoms. The van der Waals surface area contributed by atoms with Crippen LogP contribution < -0.4 is 0 Å². The number of hydrogen-bond acceptors (Lipinski definition) is 3. The Morgan fingerprint density at radius 1 is 0.906 bits per heavy atom. The van der Waals surface area contributed by atoms with Gasteiger partial charge in [0.1, 0.15) is 5.54 Å². The number of piperidine rings is 1. The molecule has 2 fully saturated rings. The number of imide groups is 1. The third kappa shape index (κ3) is 4.58. The van der Waals surface area contributed by atoms with Gasteiger partial charge in [-0.05, 0) is 50.2 Å². The fourth-order valence-corrected chi connectivity index (χ4v) is 5.23. The van der Waals surface area contributed by atoms with Crippen LogP contribution in [0.2, 0.25) is 0 Å². The van der Waals surface area contributed by atoms with Crippen LogP contribution in [-0.2, 0) is 17.8 Å². The van der Waals surface area contributed by atoms with E-state index in [1.807, 2.05) is 23.1 Å². The Bertz CT molecular complexity index is 935. The number of urea groups is 1. The van der Waals surface area contributed by atoms with E-state index in [1.54, 1.807) is 0 Å². The van der Waals surface area contributed by atoms with Gasteiger partial charge < -0.3 is 4.90 Å². The molecule has 1 spiro atoms. The maximum absolute atomic E-state index is 13.6. The summed E-state index contributed by atoms with van der Waals surface area (Å²) in [5, 5.41) is 0. The predicted octanol–water partition coefficient (Wildman–Crippen LogP) is 4.64. The molecule has 32 heavy (non-hydrogen) atoms. The fraction of sp³-hybridized carbons (Fsp3) is 0.481. The van der Waals surface area contributed by atoms with Gasteiger partial charge in [-0.25, -0.2) is 4.79 Å². The molecule has 0 bridgehead atoms. The SMILES string of the molecule is CCCN1C(=O)N(CCCc2ccccc2)C(=O)C12CCN(Cc1cccc(C)c1)CC2. The molecular weight excluding hydrogens is 398 g/mol. The molecule has 0 atom stereocenters. The Balaban J connectivity index is 1.41. The zero-order chi connectivity index (χ0) is 22.6. The molecule has 0 radical (unpaired) electrons. The fourth-order valence-electron chi connectivity index (χ4n) is 5.23. The van der Waals surface area contributed by atoms with Crippen LogP contribution in [0.4, 0.5) is 4.79 Å². The molecule has 5 nitrogen and oxygen atoms in total. The molecule has 0 aliphatic carbocycles. The maximum Gasteiger partial charge on any atom is 0.327 e. The van der Waals surface area contributed by atoms with Crippen molar-refractivity contribution < 1.29 is 9.59 Å². The molecule has 4 rings (SSSR count). The number of amides is 3. The zero-order valence-corrected chi connectivity index (χ0v) is 19.4. The largest absolute Gasteiger partial charge is 0.327 e. The van der Waals surface area contributed by atoms with Crippen molar-refractivity contribution in [1.29, 1.82) is 0 Å². The first-order valence-corrected chi connectivity index (χ1v) is 12.0. The highest BCUT2D eigenvalue weighted by molar-refractivity contribution is 6.07. The number of carbonyl (C=O) groups is 2. The quantitative estimate of drug-likeness (QED) is 0.570. The lowest BCUT2D eigenvalue weighted by molar-refractivity contribution is -0.135. The highest BCUT2D eigenvalue weighted by atomic mass is 16.2. The smallest absolute Gasteiger partial charge is 0.309 e. The Morgan fingerprint density at radius 3 is 2.31 bits per heavy atom. The monoisotopic (exact) mass is 433 g/mol. The Kier molecular flexibility index (Phi) is 6.95. The number of rotatable bonds is 8. The van der Waals surface area contributed by atoms with Crippen LogP contribution in [-0.4, -0.2) is 58.4 Å². The van der Waals surface area contributed by atoms with E-state index in [1.165, 1.54) is 21.6 Å². The van der Waals surface area contributed by atoms with E-state index >= 15 is 0 Å². The van der Waals surface area contributed by atoms with Crippen LogP contribution >= 0.6 is 0 Å². The Labute approximate surface area is 192 Å². The third-order valence-corrected chi connectivity index (χ3v) is 6.93. The van der Waals surface area contributed by atoms with Gasteiger partial charge in [0.25, 0.3) is 5.91 Å². The van der Waals surface area contributed by atoms with Crippen molar-refractivity contribution in [1.82, 2.24) is 14.7 Å². The van der Waals surface area contributed by atoms with Crippen molar-refractivity contribution in [3.05, 3.63) is 71.3 Å². The molecule has 3 amide bonds. The van der Waals surface area contributed by atoms with Crippen LogP contribution in [0.5, 0.6) is 0 Å². The van der Waals surface area contributed by atoms with Gasteiger partial charge in [0.2, 0.25) is 0 Å². The standard InChI is InChI=1S/C27H35N3O2/c1-3-16-30-26(32)29(17-8-13-23-10-5-4-6-11-23)25(31)27(30)14-18-28(19-15-27)21-24-12-7-9-22(2)20-24/h4-7,9-12,20H,3,8,13-19,21H2,1-2H3. The first-order valence-electron chi connectivity index (χ1n) is 12.0. The molecule has 2 saturated heterocycles. The Morgan fingerprint density at radius 2 is 1.62 bits per heavy atom. The van der Waals surface area contributed by atoms with Crippen molar-refractivity contribution in [2.75, 3.05) is 26.2 Å². The molecule has 0 unspecified atom stereocenters.